The maximum absolute atomic E-state index is 5.45. The topological polar surface area (TPSA) is 37.9 Å². The molecule has 0 N–H and O–H groups in total. The third kappa shape index (κ3) is 13.2. The minimum absolute atomic E-state index is 0.705. The van der Waals surface area contributed by atoms with Crippen LogP contribution in [0.1, 0.15) is 28.7 Å². The lowest BCUT2D eigenvalue weighted by Gasteiger charge is -2.27. The van der Waals surface area contributed by atoms with Gasteiger partial charge in [0, 0.05) is 106 Å². The number of hydrogen-bond acceptors (Lipinski definition) is 10. The highest BCUT2D eigenvalue weighted by molar-refractivity contribution is 7.99. The van der Waals surface area contributed by atoms with E-state index >= 15 is 0 Å². The molecular weight excluding hydrogens is 853 g/mol. The van der Waals surface area contributed by atoms with Crippen molar-refractivity contribution in [2.75, 3.05) is 116 Å². The fraction of sp³-hybridized carbons (Fsp3) is 0.321. The number of allylic oxidation sites excluding steroid dienone is 1. The number of rotatable bonds is 0. The third-order valence-electron chi connectivity index (χ3n) is 12.2. The molecule has 0 fully saturated rings. The summed E-state index contributed by atoms with van der Waals surface area (Å²) in [6, 6.07) is 50.8. The first-order valence-electron chi connectivity index (χ1n) is 23.1. The van der Waals surface area contributed by atoms with E-state index in [1.54, 1.807) is 0 Å². The number of thioether (sulfide) groups is 2. The largest absolute Gasteiger partial charge is 0.490 e. The summed E-state index contributed by atoms with van der Waals surface area (Å²) in [5.41, 5.74) is 13.7. The second kappa shape index (κ2) is 24.7. The second-order valence-electron chi connectivity index (χ2n) is 17.1. The molecule has 0 saturated carbocycles. The van der Waals surface area contributed by atoms with Crippen LogP contribution in [0.5, 0.6) is 5.75 Å². The molecule has 10 heteroatoms. The zero-order valence-corrected chi connectivity index (χ0v) is 41.4. The fourth-order valence-corrected chi connectivity index (χ4v) is 10.6. The van der Waals surface area contributed by atoms with Crippen molar-refractivity contribution in [1.82, 2.24) is 0 Å². The Bertz CT molecular complexity index is 2140. The maximum atomic E-state index is 5.45. The molecule has 0 unspecified atom stereocenters. The summed E-state index contributed by atoms with van der Waals surface area (Å²) in [5.74, 6) is 4.51. The van der Waals surface area contributed by atoms with Gasteiger partial charge in [-0.25, -0.2) is 0 Å². The van der Waals surface area contributed by atoms with E-state index in [1.165, 1.54) is 98.7 Å². The summed E-state index contributed by atoms with van der Waals surface area (Å²) in [6.45, 7) is 5.61. The molecule has 6 aliphatic heterocycles. The van der Waals surface area contributed by atoms with E-state index in [0.29, 0.717) is 6.73 Å². The van der Waals surface area contributed by atoms with E-state index in [2.05, 4.69) is 198 Å². The molecule has 6 heterocycles. The normalized spacial score (nSPS) is 15.9. The standard InChI is InChI=1S/C10H13N.C10H11N.2C9H11NO.2C9H11NS/c2*1-11-8-4-6-9-5-2-3-7-10(9)11;1-10-7-11-6-8-4-2-3-5-9(8)10;1-10-6-7-11-9-5-3-2-4-8(9)10;1-10-7-11-6-8-4-2-3-5-9(8)10;1-10-6-7-11-9-5-3-2-4-8(9)10/h2-3,5,7H,4,6,8H2,1H3;2-5,7-8H,6H2,1H3;4*2-5H,6-7H2,1H3. The molecular formula is C56H68N6O2S2. The molecule has 0 aliphatic carbocycles. The molecule has 346 valence electrons. The number of likely N-dealkylation sites (N-methyl/N-ethyl adjacent to an activating group) is 1. The summed E-state index contributed by atoms with van der Waals surface area (Å²) in [6.07, 6.45) is 7.92. The van der Waals surface area contributed by atoms with E-state index < -0.39 is 0 Å². The Morgan fingerprint density at radius 3 is 1.71 bits per heavy atom. The summed E-state index contributed by atoms with van der Waals surface area (Å²) in [4.78, 5) is 14.8. The molecule has 0 bridgehead atoms. The number of benzene rings is 6. The number of hydrogen-bond donors (Lipinski definition) is 0. The van der Waals surface area contributed by atoms with Crippen LogP contribution < -0.4 is 34.1 Å². The summed E-state index contributed by atoms with van der Waals surface area (Å²) >= 11 is 3.92. The highest BCUT2D eigenvalue weighted by Crippen LogP contribution is 2.34. The van der Waals surface area contributed by atoms with E-state index in [0.717, 1.165) is 37.8 Å². The van der Waals surface area contributed by atoms with Gasteiger partial charge in [-0.1, -0.05) is 103 Å². The van der Waals surface area contributed by atoms with Crippen molar-refractivity contribution in [2.45, 2.75) is 36.5 Å². The molecule has 0 saturated heterocycles. The van der Waals surface area contributed by atoms with Gasteiger partial charge in [0.1, 0.15) is 19.1 Å². The predicted octanol–water partition coefficient (Wildman–Crippen LogP) is 11.9. The van der Waals surface area contributed by atoms with Crippen LogP contribution in [0.3, 0.4) is 0 Å². The van der Waals surface area contributed by atoms with Gasteiger partial charge in [-0.3, -0.25) is 0 Å². The van der Waals surface area contributed by atoms with E-state index in [4.69, 9.17) is 9.47 Å². The Morgan fingerprint density at radius 2 is 1.05 bits per heavy atom. The van der Waals surface area contributed by atoms with Crippen molar-refractivity contribution in [2.24, 2.45) is 0 Å². The maximum Gasteiger partial charge on any atom is 0.142 e. The third-order valence-corrected chi connectivity index (χ3v) is 14.3. The van der Waals surface area contributed by atoms with Crippen LogP contribution in [-0.4, -0.2) is 86.9 Å². The Kier molecular flexibility index (Phi) is 18.1. The van der Waals surface area contributed by atoms with Crippen molar-refractivity contribution in [3.05, 3.63) is 180 Å². The second-order valence-corrected chi connectivity index (χ2v) is 19.2. The summed E-state index contributed by atoms with van der Waals surface area (Å²) < 4.78 is 10.8. The monoisotopic (exact) mass is 920 g/mol. The molecule has 0 aromatic heterocycles. The lowest BCUT2D eigenvalue weighted by molar-refractivity contribution is 0.113. The number of anilines is 6. The van der Waals surface area contributed by atoms with Crippen LogP contribution in [0.25, 0.3) is 0 Å². The molecule has 6 aliphatic rings. The van der Waals surface area contributed by atoms with Gasteiger partial charge in [-0.2, -0.15) is 0 Å². The number of ether oxygens (including phenoxy) is 2. The molecule has 0 radical (unpaired) electrons. The number of aryl methyl sites for hydroxylation is 1. The van der Waals surface area contributed by atoms with Crippen LogP contribution in [0.15, 0.2) is 163 Å². The van der Waals surface area contributed by atoms with Crippen molar-refractivity contribution < 1.29 is 9.47 Å². The highest BCUT2D eigenvalue weighted by atomic mass is 32.2. The first-order valence-corrected chi connectivity index (χ1v) is 25.3. The Labute approximate surface area is 403 Å². The molecule has 6 aromatic rings. The van der Waals surface area contributed by atoms with Crippen molar-refractivity contribution in [3.8, 4) is 5.75 Å². The Morgan fingerprint density at radius 1 is 0.485 bits per heavy atom. The van der Waals surface area contributed by atoms with Gasteiger partial charge < -0.3 is 38.9 Å². The van der Waals surface area contributed by atoms with Crippen LogP contribution in [-0.2, 0) is 29.9 Å². The molecule has 0 amide bonds. The smallest absolute Gasteiger partial charge is 0.142 e. The number of nitrogens with zero attached hydrogens (tertiary/aromatic N) is 6. The minimum Gasteiger partial charge on any atom is -0.490 e. The van der Waals surface area contributed by atoms with Crippen LogP contribution in [0.2, 0.25) is 0 Å². The predicted molar refractivity (Wildman–Crippen MR) is 287 cm³/mol. The molecule has 0 atom stereocenters. The Hall–Kier alpha value is -5.68. The van der Waals surface area contributed by atoms with Crippen LogP contribution >= 0.6 is 23.5 Å². The van der Waals surface area contributed by atoms with Gasteiger partial charge in [0.2, 0.25) is 0 Å². The summed E-state index contributed by atoms with van der Waals surface area (Å²) in [5, 5.41) is 0. The fourth-order valence-electron chi connectivity index (χ4n) is 8.52. The van der Waals surface area contributed by atoms with E-state index in [9.17, 15) is 0 Å². The van der Waals surface area contributed by atoms with E-state index in [1.807, 2.05) is 54.8 Å². The van der Waals surface area contributed by atoms with Crippen molar-refractivity contribution >= 4 is 57.6 Å². The molecule has 66 heavy (non-hydrogen) atoms. The SMILES string of the molecule is CN1C=CCc2ccccc21.CN1CCCc2ccccc21.CN1CCOc2ccccc21.CN1CCSc2ccccc21.CN1COCc2ccccc21.CN1CSCc2ccccc21. The lowest BCUT2D eigenvalue weighted by Crippen LogP contribution is -2.28. The quantitative estimate of drug-likeness (QED) is 0.147. The minimum atomic E-state index is 0.705. The first-order chi connectivity index (χ1) is 32.3. The molecule has 8 nitrogen and oxygen atoms in total. The highest BCUT2D eigenvalue weighted by Gasteiger charge is 2.15. The van der Waals surface area contributed by atoms with Gasteiger partial charge in [-0.05, 0) is 84.5 Å². The van der Waals surface area contributed by atoms with Gasteiger partial charge in [0.05, 0.1) is 30.4 Å². The van der Waals surface area contributed by atoms with Gasteiger partial charge in [-0.15, -0.1) is 23.5 Å². The van der Waals surface area contributed by atoms with Crippen molar-refractivity contribution in [1.29, 1.82) is 0 Å². The number of para-hydroxylation sites is 7. The number of fused-ring (bicyclic) bond motifs is 6. The van der Waals surface area contributed by atoms with Gasteiger partial charge in [0.25, 0.3) is 0 Å². The van der Waals surface area contributed by atoms with Crippen LogP contribution in [0, 0.1) is 0 Å². The zero-order chi connectivity index (χ0) is 46.1. The molecule has 6 aromatic carbocycles. The van der Waals surface area contributed by atoms with Gasteiger partial charge in [0.15, 0.2) is 0 Å². The summed E-state index contributed by atoms with van der Waals surface area (Å²) in [7, 11) is 12.7. The van der Waals surface area contributed by atoms with Gasteiger partial charge >= 0.3 is 0 Å². The average Bonchev–Trinajstić information content (AvgIpc) is 3.36. The van der Waals surface area contributed by atoms with Crippen LogP contribution in [0.4, 0.5) is 34.1 Å². The molecule has 0 spiro atoms. The van der Waals surface area contributed by atoms with E-state index in [-0.39, 0.29) is 0 Å². The average molecular weight is 921 g/mol. The molecule has 12 rings (SSSR count). The first kappa shape index (κ1) is 48.3. The zero-order valence-electron chi connectivity index (χ0n) is 39.8. The lowest BCUT2D eigenvalue weighted by atomic mass is 10.0. The van der Waals surface area contributed by atoms with Crippen molar-refractivity contribution in [3.63, 3.8) is 0 Å². The Balaban J connectivity index is 0.000000118.